The summed E-state index contributed by atoms with van der Waals surface area (Å²) in [6.45, 7) is 7.46. The number of hydrogen-bond acceptors (Lipinski definition) is 5. The molecular weight excluding hydrogens is 414 g/mol. The van der Waals surface area contributed by atoms with Crippen LogP contribution in [0.3, 0.4) is 0 Å². The molecule has 168 valence electrons. The Morgan fingerprint density at radius 1 is 0.545 bits per heavy atom. The van der Waals surface area contributed by atoms with Crippen LogP contribution < -0.4 is 9.64 Å². The number of phenols is 3. The molecule has 0 fully saturated rings. The molecule has 0 aliphatic rings. The Morgan fingerprint density at radius 2 is 1.09 bits per heavy atom. The second kappa shape index (κ2) is 8.79. The predicted molar refractivity (Wildman–Crippen MR) is 132 cm³/mol. The largest absolute Gasteiger partial charge is 0.508 e. The van der Waals surface area contributed by atoms with E-state index < -0.39 is 0 Å². The summed E-state index contributed by atoms with van der Waals surface area (Å²) >= 11 is 0. The van der Waals surface area contributed by atoms with Crippen molar-refractivity contribution in [2.45, 2.75) is 27.7 Å². The SMILES string of the molecule is Cc1ccc(N(c2cccc(Oc3cc(O)c(C)cc3C)c2)c2ccc(C)c(O)c2)cc1O. The van der Waals surface area contributed by atoms with Gasteiger partial charge in [0, 0.05) is 41.3 Å². The molecule has 0 aliphatic carbocycles. The first kappa shape index (κ1) is 22.1. The van der Waals surface area contributed by atoms with E-state index in [1.807, 2.05) is 87.2 Å². The standard InChI is InChI=1S/C28H27NO4/c1-17-8-10-22(14-25(17)30)29(23-11-9-18(2)26(31)15-23)21-6-5-7-24(13-21)33-28-16-27(32)19(3)12-20(28)4/h5-16,30-32H,1-4H3. The Labute approximate surface area is 193 Å². The van der Waals surface area contributed by atoms with Gasteiger partial charge in [-0.25, -0.2) is 0 Å². The monoisotopic (exact) mass is 441 g/mol. The number of nitrogens with zero attached hydrogens (tertiary/aromatic N) is 1. The highest BCUT2D eigenvalue weighted by Crippen LogP contribution is 2.40. The van der Waals surface area contributed by atoms with Gasteiger partial charge in [0.15, 0.2) is 0 Å². The molecule has 3 N–H and O–H groups in total. The van der Waals surface area contributed by atoms with Crippen molar-refractivity contribution in [1.29, 1.82) is 0 Å². The first-order valence-corrected chi connectivity index (χ1v) is 10.7. The number of anilines is 3. The van der Waals surface area contributed by atoms with Gasteiger partial charge in [0.05, 0.1) is 0 Å². The highest BCUT2D eigenvalue weighted by Gasteiger charge is 2.16. The molecule has 0 aliphatic heterocycles. The minimum absolute atomic E-state index is 0.179. The minimum Gasteiger partial charge on any atom is -0.508 e. The lowest BCUT2D eigenvalue weighted by Gasteiger charge is -2.26. The maximum atomic E-state index is 10.3. The number of benzene rings is 4. The van der Waals surface area contributed by atoms with E-state index in [0.717, 1.165) is 39.3 Å². The van der Waals surface area contributed by atoms with Crippen LogP contribution in [0.15, 0.2) is 72.8 Å². The molecule has 5 heteroatoms. The molecule has 4 aromatic carbocycles. The quantitative estimate of drug-likeness (QED) is 0.303. The van der Waals surface area contributed by atoms with Crippen LogP contribution in [0.2, 0.25) is 0 Å². The van der Waals surface area contributed by atoms with E-state index in [1.54, 1.807) is 18.2 Å². The van der Waals surface area contributed by atoms with E-state index in [2.05, 4.69) is 0 Å². The molecule has 0 radical (unpaired) electrons. The lowest BCUT2D eigenvalue weighted by Crippen LogP contribution is -2.10. The molecule has 0 amide bonds. The Balaban J connectivity index is 1.80. The Morgan fingerprint density at radius 3 is 1.67 bits per heavy atom. The third kappa shape index (κ3) is 4.58. The van der Waals surface area contributed by atoms with E-state index in [0.29, 0.717) is 11.5 Å². The van der Waals surface area contributed by atoms with Crippen LogP contribution >= 0.6 is 0 Å². The Hall–Kier alpha value is -4.12. The highest BCUT2D eigenvalue weighted by molar-refractivity contribution is 5.79. The van der Waals surface area contributed by atoms with Crippen LogP contribution in [0.5, 0.6) is 28.7 Å². The molecule has 33 heavy (non-hydrogen) atoms. The van der Waals surface area contributed by atoms with Crippen LogP contribution in [0.4, 0.5) is 17.1 Å². The zero-order chi connectivity index (χ0) is 23.7. The number of aryl methyl sites for hydroxylation is 4. The molecule has 0 spiro atoms. The zero-order valence-electron chi connectivity index (χ0n) is 19.1. The zero-order valence-corrected chi connectivity index (χ0v) is 19.1. The second-order valence-corrected chi connectivity index (χ2v) is 8.28. The molecule has 0 unspecified atom stereocenters. The van der Waals surface area contributed by atoms with Gasteiger partial charge in [-0.2, -0.15) is 0 Å². The lowest BCUT2D eigenvalue weighted by molar-refractivity contribution is 0.450. The second-order valence-electron chi connectivity index (χ2n) is 8.28. The van der Waals surface area contributed by atoms with Crippen LogP contribution in [0.25, 0.3) is 0 Å². The van der Waals surface area contributed by atoms with Gasteiger partial charge in [-0.05, 0) is 80.3 Å². The summed E-state index contributed by atoms with van der Waals surface area (Å²) in [5.74, 6) is 1.72. The first-order valence-electron chi connectivity index (χ1n) is 10.7. The third-order valence-corrected chi connectivity index (χ3v) is 5.70. The van der Waals surface area contributed by atoms with E-state index in [4.69, 9.17) is 4.74 Å². The molecule has 0 heterocycles. The van der Waals surface area contributed by atoms with Gasteiger partial charge in [0.25, 0.3) is 0 Å². The normalized spacial score (nSPS) is 10.8. The molecule has 0 saturated carbocycles. The summed E-state index contributed by atoms with van der Waals surface area (Å²) < 4.78 is 6.11. The molecule has 5 nitrogen and oxygen atoms in total. The van der Waals surface area contributed by atoms with Gasteiger partial charge < -0.3 is 25.0 Å². The van der Waals surface area contributed by atoms with Crippen molar-refractivity contribution in [3.63, 3.8) is 0 Å². The number of rotatable bonds is 5. The fourth-order valence-corrected chi connectivity index (χ4v) is 3.67. The minimum atomic E-state index is 0.179. The predicted octanol–water partition coefficient (Wildman–Crippen LogP) is 7.30. The summed E-state index contributed by atoms with van der Waals surface area (Å²) in [5, 5.41) is 30.8. The van der Waals surface area contributed by atoms with Crippen molar-refractivity contribution in [2.75, 3.05) is 4.90 Å². The van der Waals surface area contributed by atoms with Crippen molar-refractivity contribution in [3.05, 3.63) is 95.1 Å². The number of aromatic hydroxyl groups is 3. The summed E-state index contributed by atoms with van der Waals surface area (Å²) in [6, 6.07) is 22.0. The third-order valence-electron chi connectivity index (χ3n) is 5.70. The van der Waals surface area contributed by atoms with E-state index in [-0.39, 0.29) is 17.2 Å². The van der Waals surface area contributed by atoms with E-state index in [1.165, 1.54) is 0 Å². The molecule has 4 aromatic rings. The topological polar surface area (TPSA) is 73.2 Å². The lowest BCUT2D eigenvalue weighted by atomic mass is 10.1. The maximum Gasteiger partial charge on any atom is 0.134 e. The van der Waals surface area contributed by atoms with Gasteiger partial charge in [-0.15, -0.1) is 0 Å². The average molecular weight is 442 g/mol. The van der Waals surface area contributed by atoms with Crippen molar-refractivity contribution in [2.24, 2.45) is 0 Å². The molecule has 0 aromatic heterocycles. The fraction of sp³-hybridized carbons (Fsp3) is 0.143. The molecule has 0 bridgehead atoms. The van der Waals surface area contributed by atoms with Crippen LogP contribution in [-0.4, -0.2) is 15.3 Å². The van der Waals surface area contributed by atoms with E-state index in [9.17, 15) is 15.3 Å². The fourth-order valence-electron chi connectivity index (χ4n) is 3.67. The average Bonchev–Trinajstić information content (AvgIpc) is 2.77. The number of phenolic OH excluding ortho intramolecular Hbond substituents is 3. The summed E-state index contributed by atoms with van der Waals surface area (Å²) in [6.07, 6.45) is 0. The first-order chi connectivity index (χ1) is 15.7. The highest BCUT2D eigenvalue weighted by atomic mass is 16.5. The van der Waals surface area contributed by atoms with Gasteiger partial charge in [0.2, 0.25) is 0 Å². The summed E-state index contributed by atoms with van der Waals surface area (Å²) in [5.41, 5.74) is 5.52. The molecule has 0 saturated heterocycles. The van der Waals surface area contributed by atoms with Gasteiger partial charge in [-0.3, -0.25) is 0 Å². The summed E-state index contributed by atoms with van der Waals surface area (Å²) in [4.78, 5) is 1.94. The molecule has 0 atom stereocenters. The van der Waals surface area contributed by atoms with Crippen molar-refractivity contribution in [3.8, 4) is 28.7 Å². The number of hydrogen-bond donors (Lipinski definition) is 3. The van der Waals surface area contributed by atoms with E-state index >= 15 is 0 Å². The van der Waals surface area contributed by atoms with Crippen molar-refractivity contribution < 1.29 is 20.1 Å². The Kier molecular flexibility index (Phi) is 5.88. The Bertz CT molecular complexity index is 1280. The smallest absolute Gasteiger partial charge is 0.134 e. The maximum absolute atomic E-state index is 10.3. The molecule has 4 rings (SSSR count). The van der Waals surface area contributed by atoms with Gasteiger partial charge >= 0.3 is 0 Å². The van der Waals surface area contributed by atoms with Crippen molar-refractivity contribution in [1.82, 2.24) is 0 Å². The van der Waals surface area contributed by atoms with Crippen LogP contribution in [0.1, 0.15) is 22.3 Å². The van der Waals surface area contributed by atoms with Gasteiger partial charge in [0.1, 0.15) is 28.7 Å². The molecular formula is C28H27NO4. The van der Waals surface area contributed by atoms with Gasteiger partial charge in [-0.1, -0.05) is 18.2 Å². The van der Waals surface area contributed by atoms with Crippen molar-refractivity contribution >= 4 is 17.1 Å². The summed E-state index contributed by atoms with van der Waals surface area (Å²) in [7, 11) is 0. The number of ether oxygens (including phenoxy) is 1. The van der Waals surface area contributed by atoms with Crippen LogP contribution in [-0.2, 0) is 0 Å². The van der Waals surface area contributed by atoms with Crippen LogP contribution in [0, 0.1) is 27.7 Å².